The van der Waals surface area contributed by atoms with Crippen LogP contribution >= 0.6 is 0 Å². The summed E-state index contributed by atoms with van der Waals surface area (Å²) in [5.74, 6) is 5.60. The molecule has 0 aliphatic heterocycles. The lowest BCUT2D eigenvalue weighted by molar-refractivity contribution is 0.197. The van der Waals surface area contributed by atoms with Crippen molar-refractivity contribution in [3.05, 3.63) is 0 Å². The number of nitrogens with one attached hydrogen (secondary N) is 3. The van der Waals surface area contributed by atoms with Crippen molar-refractivity contribution in [2.75, 3.05) is 39.1 Å². The maximum absolute atomic E-state index is 11.3. The summed E-state index contributed by atoms with van der Waals surface area (Å²) in [5, 5.41) is 2.81. The molecule has 0 radical (unpaired) electrons. The van der Waals surface area contributed by atoms with E-state index >= 15 is 0 Å². The average Bonchev–Trinajstić information content (AvgIpc) is 2.32. The van der Waals surface area contributed by atoms with Gasteiger partial charge >= 0.3 is 0 Å². The molecule has 18 heavy (non-hydrogen) atoms. The second kappa shape index (κ2) is 10.1. The molecule has 5 N–H and O–H groups in total. The van der Waals surface area contributed by atoms with E-state index in [4.69, 9.17) is 10.6 Å². The van der Waals surface area contributed by atoms with Gasteiger partial charge in [0, 0.05) is 33.4 Å². The Morgan fingerprint density at radius 2 is 2.17 bits per heavy atom. The van der Waals surface area contributed by atoms with Gasteiger partial charge in [-0.3, -0.25) is 10.4 Å². The van der Waals surface area contributed by atoms with E-state index in [1.807, 2.05) is 0 Å². The van der Waals surface area contributed by atoms with Crippen LogP contribution in [0.25, 0.3) is 0 Å². The monoisotopic (exact) mass is 281 g/mol. The summed E-state index contributed by atoms with van der Waals surface area (Å²) in [5.41, 5.74) is 2.38. The van der Waals surface area contributed by atoms with Crippen molar-refractivity contribution < 1.29 is 13.2 Å². The quantitative estimate of drug-likeness (QED) is 0.132. The summed E-state index contributed by atoms with van der Waals surface area (Å²) >= 11 is 0. The Bertz CT molecular complexity index is 331. The summed E-state index contributed by atoms with van der Waals surface area (Å²) in [4.78, 5) is 4.12. The van der Waals surface area contributed by atoms with Crippen molar-refractivity contribution >= 4 is 16.0 Å². The van der Waals surface area contributed by atoms with Crippen molar-refractivity contribution in [3.8, 4) is 0 Å². The Hall–Kier alpha value is -0.900. The number of hydrazine groups is 1. The maximum Gasteiger partial charge on any atom is 0.213 e. The number of ether oxygens (including phenoxy) is 1. The standard InChI is InChI=1S/C9H23N5O3S/c1-3-13-18(15,16)8-6-12-9(14-10)11-5-4-7-17-2/h13H,3-8,10H2,1-2H3,(H2,11,12,14). The summed E-state index contributed by atoms with van der Waals surface area (Å²) in [6, 6.07) is 0. The highest BCUT2D eigenvalue weighted by molar-refractivity contribution is 7.89. The van der Waals surface area contributed by atoms with Crippen LogP contribution in [0.3, 0.4) is 0 Å². The first kappa shape index (κ1) is 17.1. The SMILES string of the molecule is CCNS(=O)(=O)CCNC(=NCCCOC)NN. The van der Waals surface area contributed by atoms with Gasteiger partial charge < -0.3 is 10.1 Å². The topological polar surface area (TPSA) is 118 Å². The Kier molecular flexibility index (Phi) is 9.56. The zero-order valence-corrected chi connectivity index (χ0v) is 11.7. The molecule has 8 nitrogen and oxygen atoms in total. The van der Waals surface area contributed by atoms with E-state index in [1.165, 1.54) is 0 Å². The van der Waals surface area contributed by atoms with Gasteiger partial charge in [0.05, 0.1) is 5.75 Å². The Balaban J connectivity index is 3.93. The molecule has 0 unspecified atom stereocenters. The third-order valence-electron chi connectivity index (χ3n) is 1.94. The molecule has 0 heterocycles. The van der Waals surface area contributed by atoms with Gasteiger partial charge in [0.1, 0.15) is 0 Å². The van der Waals surface area contributed by atoms with E-state index in [-0.39, 0.29) is 12.3 Å². The Morgan fingerprint density at radius 3 is 2.72 bits per heavy atom. The number of hydrogen-bond acceptors (Lipinski definition) is 5. The van der Waals surface area contributed by atoms with Crippen LogP contribution in [0.5, 0.6) is 0 Å². The zero-order chi connectivity index (χ0) is 13.9. The molecule has 0 spiro atoms. The lowest BCUT2D eigenvalue weighted by atomic mass is 10.5. The van der Waals surface area contributed by atoms with E-state index in [2.05, 4.69) is 20.5 Å². The van der Waals surface area contributed by atoms with Crippen LogP contribution in [-0.4, -0.2) is 53.5 Å². The molecule has 0 aliphatic carbocycles. The van der Waals surface area contributed by atoms with Gasteiger partial charge in [0.25, 0.3) is 0 Å². The minimum absolute atomic E-state index is 0.0282. The predicted molar refractivity (Wildman–Crippen MR) is 71.6 cm³/mol. The van der Waals surface area contributed by atoms with E-state index in [1.54, 1.807) is 14.0 Å². The largest absolute Gasteiger partial charge is 0.385 e. The van der Waals surface area contributed by atoms with E-state index in [0.717, 1.165) is 6.42 Å². The molecule has 0 saturated carbocycles. The van der Waals surface area contributed by atoms with Gasteiger partial charge in [0.15, 0.2) is 0 Å². The van der Waals surface area contributed by atoms with Gasteiger partial charge in [-0.2, -0.15) is 0 Å². The van der Waals surface area contributed by atoms with Gasteiger partial charge in [-0.05, 0) is 6.42 Å². The van der Waals surface area contributed by atoms with Crippen molar-refractivity contribution in [2.24, 2.45) is 10.8 Å². The van der Waals surface area contributed by atoms with E-state index < -0.39 is 10.0 Å². The molecule has 0 fully saturated rings. The highest BCUT2D eigenvalue weighted by Gasteiger charge is 2.07. The van der Waals surface area contributed by atoms with Crippen LogP contribution in [0.15, 0.2) is 4.99 Å². The molecule has 0 aromatic rings. The lowest BCUT2D eigenvalue weighted by Gasteiger charge is -2.09. The predicted octanol–water partition coefficient (Wildman–Crippen LogP) is -1.63. The molecule has 0 atom stereocenters. The average molecular weight is 281 g/mol. The molecule has 0 amide bonds. The first-order chi connectivity index (χ1) is 8.55. The molecule has 0 aromatic heterocycles. The summed E-state index contributed by atoms with van der Waals surface area (Å²) < 4.78 is 30.0. The number of aliphatic imine (C=N–C) groups is 1. The van der Waals surface area contributed by atoms with E-state index in [9.17, 15) is 8.42 Å². The van der Waals surface area contributed by atoms with Crippen LogP contribution in [0.2, 0.25) is 0 Å². The molecular weight excluding hydrogens is 258 g/mol. The number of rotatable bonds is 9. The van der Waals surface area contributed by atoms with Gasteiger partial charge in [-0.15, -0.1) is 0 Å². The molecule has 0 saturated heterocycles. The maximum atomic E-state index is 11.3. The van der Waals surface area contributed by atoms with Crippen LogP contribution in [-0.2, 0) is 14.8 Å². The normalized spacial score (nSPS) is 12.5. The van der Waals surface area contributed by atoms with Crippen molar-refractivity contribution in [1.82, 2.24) is 15.5 Å². The van der Waals surface area contributed by atoms with Crippen molar-refractivity contribution in [2.45, 2.75) is 13.3 Å². The van der Waals surface area contributed by atoms with Crippen molar-refractivity contribution in [1.29, 1.82) is 0 Å². The third kappa shape index (κ3) is 9.16. The summed E-state index contributed by atoms with van der Waals surface area (Å²) in [6.07, 6.45) is 0.777. The zero-order valence-electron chi connectivity index (χ0n) is 10.9. The van der Waals surface area contributed by atoms with Gasteiger partial charge in [0.2, 0.25) is 16.0 Å². The van der Waals surface area contributed by atoms with Gasteiger partial charge in [-0.1, -0.05) is 6.92 Å². The molecule has 0 aromatic carbocycles. The molecule has 0 aliphatic rings. The first-order valence-electron chi connectivity index (χ1n) is 5.77. The Labute approximate surface area is 108 Å². The fourth-order valence-corrected chi connectivity index (χ4v) is 2.10. The van der Waals surface area contributed by atoms with Crippen molar-refractivity contribution in [3.63, 3.8) is 0 Å². The van der Waals surface area contributed by atoms with Gasteiger partial charge in [-0.25, -0.2) is 19.0 Å². The lowest BCUT2D eigenvalue weighted by Crippen LogP contribution is -2.44. The second-order valence-corrected chi connectivity index (χ2v) is 5.39. The minimum Gasteiger partial charge on any atom is -0.385 e. The number of hydrogen-bond donors (Lipinski definition) is 4. The summed E-state index contributed by atoms with van der Waals surface area (Å²) in [6.45, 7) is 3.53. The second-order valence-electron chi connectivity index (χ2n) is 3.46. The molecule has 0 bridgehead atoms. The first-order valence-corrected chi connectivity index (χ1v) is 7.42. The van der Waals surface area contributed by atoms with Crippen LogP contribution in [0.4, 0.5) is 0 Å². The number of sulfonamides is 1. The highest BCUT2D eigenvalue weighted by Crippen LogP contribution is 1.84. The number of nitrogens with zero attached hydrogens (tertiary/aromatic N) is 1. The van der Waals surface area contributed by atoms with Crippen LogP contribution < -0.4 is 21.3 Å². The molecular formula is C9H23N5O3S. The number of methoxy groups -OCH3 is 1. The molecule has 0 rings (SSSR count). The smallest absolute Gasteiger partial charge is 0.213 e. The number of guanidine groups is 1. The highest BCUT2D eigenvalue weighted by atomic mass is 32.2. The molecule has 9 heteroatoms. The molecule has 108 valence electrons. The summed E-state index contributed by atoms with van der Waals surface area (Å²) in [7, 11) is -1.60. The third-order valence-corrected chi connectivity index (χ3v) is 3.41. The number of nitrogens with two attached hydrogens (primary N) is 1. The van der Waals surface area contributed by atoms with Crippen LogP contribution in [0, 0.1) is 0 Å². The van der Waals surface area contributed by atoms with E-state index in [0.29, 0.717) is 25.7 Å². The fraction of sp³-hybridized carbons (Fsp3) is 0.889. The minimum atomic E-state index is -3.22. The Morgan fingerprint density at radius 1 is 1.44 bits per heavy atom. The fourth-order valence-electron chi connectivity index (χ4n) is 1.15. The van der Waals surface area contributed by atoms with Crippen LogP contribution in [0.1, 0.15) is 13.3 Å².